The van der Waals surface area contributed by atoms with Gasteiger partial charge in [0.25, 0.3) is 0 Å². The Labute approximate surface area is 221 Å². The second-order valence-electron chi connectivity index (χ2n) is 10.3. The fourth-order valence-corrected chi connectivity index (χ4v) is 4.85. The van der Waals surface area contributed by atoms with Crippen molar-refractivity contribution in [1.82, 2.24) is 0 Å². The van der Waals surface area contributed by atoms with Gasteiger partial charge in [0.05, 0.1) is 33.3 Å². The van der Waals surface area contributed by atoms with Crippen LogP contribution in [0.4, 0.5) is 0 Å². The van der Waals surface area contributed by atoms with Crippen molar-refractivity contribution < 1.29 is 21.6 Å². The number of nitrogens with zero attached hydrogens (tertiary/aromatic N) is 1. The summed E-state index contributed by atoms with van der Waals surface area (Å²) in [4.78, 5) is 0. The first kappa shape index (κ1) is 37.0. The van der Waals surface area contributed by atoms with Crippen molar-refractivity contribution in [3.8, 4) is 0 Å². The van der Waals surface area contributed by atoms with E-state index in [1.807, 2.05) is 0 Å². The summed E-state index contributed by atoms with van der Waals surface area (Å²) >= 11 is 0. The average Bonchev–Trinajstić information content (AvgIpc) is 2.85. The quantitative estimate of drug-likeness (QED) is 0.0521. The summed E-state index contributed by atoms with van der Waals surface area (Å²) in [5, 5.41) is 0. The second-order valence-corrected chi connectivity index (χ2v) is 11.5. The standard InChI is InChI=1S/C28H60N.CH4O4S/c1-5-9-10-11-12-13-14-15-16-17-18-19-20-21-22-23-24-25-26-27-28-29(6-2,7-3)8-4;1-5-6(2,3)4/h5-28H2,1-4H3;1H3,(H,2,3,4)/q+1;/p-1. The number of hydrogen-bond donors (Lipinski definition) is 0. The van der Waals surface area contributed by atoms with E-state index in [-0.39, 0.29) is 0 Å². The highest BCUT2D eigenvalue weighted by atomic mass is 32.3. The predicted octanol–water partition coefficient (Wildman–Crippen LogP) is 8.78. The lowest BCUT2D eigenvalue weighted by Crippen LogP contribution is -2.48. The molecule has 0 aromatic rings. The van der Waals surface area contributed by atoms with Gasteiger partial charge >= 0.3 is 0 Å². The fraction of sp³-hybridized carbons (Fsp3) is 1.00. The maximum Gasteiger partial charge on any atom is 0.217 e. The molecule has 0 saturated carbocycles. The minimum atomic E-state index is -4.41. The summed E-state index contributed by atoms with van der Waals surface area (Å²) in [5.41, 5.74) is 0. The number of rotatable bonds is 25. The van der Waals surface area contributed by atoms with Crippen LogP contribution in [-0.4, -0.2) is 50.7 Å². The van der Waals surface area contributed by atoms with Crippen LogP contribution in [0.2, 0.25) is 0 Å². The van der Waals surface area contributed by atoms with Gasteiger partial charge in [0, 0.05) is 0 Å². The third kappa shape index (κ3) is 28.3. The van der Waals surface area contributed by atoms with E-state index in [9.17, 15) is 13.0 Å². The van der Waals surface area contributed by atoms with Crippen LogP contribution >= 0.6 is 0 Å². The highest BCUT2D eigenvalue weighted by Gasteiger charge is 2.19. The molecule has 0 aliphatic rings. The van der Waals surface area contributed by atoms with Gasteiger partial charge < -0.3 is 9.04 Å². The normalized spacial score (nSPS) is 11.9. The van der Waals surface area contributed by atoms with Crippen LogP contribution in [0.3, 0.4) is 0 Å². The van der Waals surface area contributed by atoms with Gasteiger partial charge in [-0.05, 0) is 33.6 Å². The minimum Gasteiger partial charge on any atom is -0.726 e. The smallest absolute Gasteiger partial charge is 0.217 e. The molecular formula is C29H63NO4S. The molecule has 0 saturated heterocycles. The van der Waals surface area contributed by atoms with Gasteiger partial charge in [-0.2, -0.15) is 0 Å². The molecule has 35 heavy (non-hydrogen) atoms. The SMILES string of the molecule is CCCCCCCCCCCCCCCCCCCCCC[N+](CC)(CC)CC.COS(=O)(=O)[O-]. The zero-order valence-corrected chi connectivity index (χ0v) is 25.3. The topological polar surface area (TPSA) is 66.4 Å². The summed E-state index contributed by atoms with van der Waals surface area (Å²) in [6.45, 7) is 14.7. The first-order valence-electron chi connectivity index (χ1n) is 15.2. The van der Waals surface area contributed by atoms with Crippen LogP contribution in [0.25, 0.3) is 0 Å². The molecule has 0 aliphatic heterocycles. The Morgan fingerprint density at radius 3 is 0.943 bits per heavy atom. The van der Waals surface area contributed by atoms with Gasteiger partial charge in [-0.15, -0.1) is 0 Å². The molecule has 0 N–H and O–H groups in total. The molecule has 5 nitrogen and oxygen atoms in total. The van der Waals surface area contributed by atoms with Gasteiger partial charge in [0.2, 0.25) is 10.4 Å². The van der Waals surface area contributed by atoms with Crippen molar-refractivity contribution in [2.45, 2.75) is 156 Å². The van der Waals surface area contributed by atoms with Crippen molar-refractivity contribution in [3.05, 3.63) is 0 Å². The Morgan fingerprint density at radius 1 is 0.514 bits per heavy atom. The van der Waals surface area contributed by atoms with Gasteiger partial charge in [0.15, 0.2) is 0 Å². The molecule has 0 aromatic carbocycles. The first-order valence-corrected chi connectivity index (χ1v) is 16.5. The zero-order chi connectivity index (χ0) is 26.7. The van der Waals surface area contributed by atoms with Crippen LogP contribution < -0.4 is 0 Å². The van der Waals surface area contributed by atoms with E-state index in [1.54, 1.807) is 0 Å². The van der Waals surface area contributed by atoms with Crippen molar-refractivity contribution in [1.29, 1.82) is 0 Å². The molecule has 0 aliphatic carbocycles. The Kier molecular flexibility index (Phi) is 28.4. The lowest BCUT2D eigenvalue weighted by atomic mass is 10.0. The van der Waals surface area contributed by atoms with Crippen molar-refractivity contribution in [3.63, 3.8) is 0 Å². The second kappa shape index (κ2) is 26.9. The fourth-order valence-electron chi connectivity index (χ4n) is 4.85. The molecule has 0 heterocycles. The van der Waals surface area contributed by atoms with Crippen LogP contribution in [0, 0.1) is 0 Å². The van der Waals surface area contributed by atoms with E-state index in [1.165, 1.54) is 159 Å². The van der Waals surface area contributed by atoms with E-state index < -0.39 is 10.4 Å². The third-order valence-corrected chi connectivity index (χ3v) is 8.11. The van der Waals surface area contributed by atoms with Crippen LogP contribution in [0.5, 0.6) is 0 Å². The molecule has 0 atom stereocenters. The number of hydrogen-bond acceptors (Lipinski definition) is 4. The van der Waals surface area contributed by atoms with E-state index in [4.69, 9.17) is 0 Å². The Balaban J connectivity index is 0. The molecule has 0 spiro atoms. The lowest BCUT2D eigenvalue weighted by molar-refractivity contribution is -0.923. The number of quaternary nitrogens is 1. The molecule has 0 aromatic heterocycles. The van der Waals surface area contributed by atoms with Crippen molar-refractivity contribution >= 4 is 10.4 Å². The molecule has 6 heteroatoms. The maximum absolute atomic E-state index is 9.22. The number of unbranched alkanes of at least 4 members (excludes halogenated alkanes) is 19. The lowest BCUT2D eigenvalue weighted by Gasteiger charge is -2.35. The van der Waals surface area contributed by atoms with E-state index in [2.05, 4.69) is 31.9 Å². The molecule has 214 valence electrons. The summed E-state index contributed by atoms with van der Waals surface area (Å²) in [7, 11) is -3.60. The largest absolute Gasteiger partial charge is 0.726 e. The van der Waals surface area contributed by atoms with Crippen LogP contribution in [0.15, 0.2) is 0 Å². The van der Waals surface area contributed by atoms with E-state index >= 15 is 0 Å². The van der Waals surface area contributed by atoms with E-state index in [0.29, 0.717) is 0 Å². The van der Waals surface area contributed by atoms with Crippen LogP contribution in [-0.2, 0) is 14.6 Å². The zero-order valence-electron chi connectivity index (χ0n) is 24.5. The highest BCUT2D eigenvalue weighted by Crippen LogP contribution is 2.15. The predicted molar refractivity (Wildman–Crippen MR) is 151 cm³/mol. The van der Waals surface area contributed by atoms with Crippen molar-refractivity contribution in [2.24, 2.45) is 0 Å². The minimum absolute atomic E-state index is 0.808. The van der Waals surface area contributed by atoms with Gasteiger partial charge in [-0.1, -0.05) is 122 Å². The monoisotopic (exact) mass is 521 g/mol. The molecule has 0 bridgehead atoms. The third-order valence-electron chi connectivity index (χ3n) is 7.70. The summed E-state index contributed by atoms with van der Waals surface area (Å²) in [6.07, 6.45) is 29.4. The van der Waals surface area contributed by atoms with E-state index in [0.717, 1.165) is 7.11 Å². The highest BCUT2D eigenvalue weighted by molar-refractivity contribution is 7.80. The summed E-state index contributed by atoms with van der Waals surface area (Å²) < 4.78 is 32.4. The van der Waals surface area contributed by atoms with Crippen LogP contribution in [0.1, 0.15) is 156 Å². The molecule has 0 unspecified atom stereocenters. The molecule has 0 rings (SSSR count). The maximum atomic E-state index is 9.22. The van der Waals surface area contributed by atoms with Gasteiger partial charge in [0.1, 0.15) is 0 Å². The van der Waals surface area contributed by atoms with Gasteiger partial charge in [-0.3, -0.25) is 4.18 Å². The molecule has 0 amide bonds. The molecular weight excluding hydrogens is 458 g/mol. The Bertz CT molecular complexity index is 499. The molecule has 0 fully saturated rings. The Morgan fingerprint density at radius 2 is 0.743 bits per heavy atom. The average molecular weight is 522 g/mol. The van der Waals surface area contributed by atoms with Crippen molar-refractivity contribution in [2.75, 3.05) is 33.3 Å². The molecule has 0 radical (unpaired) electrons. The Hall–Kier alpha value is -0.170. The summed E-state index contributed by atoms with van der Waals surface area (Å²) in [6, 6.07) is 0. The first-order chi connectivity index (χ1) is 16.8. The van der Waals surface area contributed by atoms with Gasteiger partial charge in [-0.25, -0.2) is 8.42 Å². The summed E-state index contributed by atoms with van der Waals surface area (Å²) in [5.74, 6) is 0.